The molecule has 7 nitrogen and oxygen atoms in total. The number of halogens is 3. The average Bonchev–Trinajstić information content (AvgIpc) is 3.17. The highest BCUT2D eigenvalue weighted by atomic mass is 127. The van der Waals surface area contributed by atoms with Gasteiger partial charge < -0.3 is 14.8 Å². The monoisotopic (exact) mass is 552 g/mol. The van der Waals surface area contributed by atoms with Gasteiger partial charge in [-0.25, -0.2) is 9.37 Å². The molecule has 0 fully saturated rings. The normalized spacial score (nSPS) is 10.8. The van der Waals surface area contributed by atoms with Crippen LogP contribution < -0.4 is 14.8 Å². The Balaban J connectivity index is 1.56. The number of rotatable bonds is 6. The first kappa shape index (κ1) is 21.3. The number of H-pyrrole nitrogens is 1. The number of aromatic amines is 1. The third-order valence-electron chi connectivity index (χ3n) is 4.42. The molecule has 31 heavy (non-hydrogen) atoms. The Bertz CT molecular complexity index is 1260. The van der Waals surface area contributed by atoms with Crippen molar-refractivity contribution in [2.45, 2.75) is 6.61 Å². The molecule has 0 saturated carbocycles. The van der Waals surface area contributed by atoms with E-state index in [1.807, 2.05) is 24.3 Å². The predicted molar refractivity (Wildman–Crippen MR) is 123 cm³/mol. The number of nitrogens with zero attached hydrogens (tertiary/aromatic N) is 2. The summed E-state index contributed by atoms with van der Waals surface area (Å²) >= 11 is 8.31. The quantitative estimate of drug-likeness (QED) is 0.321. The molecular weight excluding hydrogens is 538 g/mol. The lowest BCUT2D eigenvalue weighted by molar-refractivity contribution is 0.102. The number of carbonyl (C=O) groups is 1. The number of aromatic nitrogens is 3. The van der Waals surface area contributed by atoms with E-state index >= 15 is 4.39 Å². The zero-order chi connectivity index (χ0) is 22.0. The number of nitrogens with one attached hydrogen (secondary N) is 2. The molecule has 0 atom stereocenters. The van der Waals surface area contributed by atoms with Gasteiger partial charge in [0.15, 0.2) is 17.2 Å². The van der Waals surface area contributed by atoms with Crippen LogP contribution in [0.2, 0.25) is 5.02 Å². The molecule has 0 aliphatic heterocycles. The fraction of sp³-hybridized carbons (Fsp3) is 0.0952. The van der Waals surface area contributed by atoms with Crippen LogP contribution in [0.3, 0.4) is 0 Å². The third-order valence-corrected chi connectivity index (χ3v) is 5.46. The minimum Gasteiger partial charge on any atom is -0.486 e. The van der Waals surface area contributed by atoms with E-state index in [1.54, 1.807) is 6.07 Å². The van der Waals surface area contributed by atoms with Gasteiger partial charge in [-0.15, -0.1) is 5.10 Å². The molecule has 4 rings (SSSR count). The SMILES string of the molecule is COc1n[nH]c2ncc(NC(=O)c3c(Cl)ccc(OCc4ccc(I)cc4)c3F)cc12. The van der Waals surface area contributed by atoms with Crippen molar-refractivity contribution in [2.75, 3.05) is 12.4 Å². The molecule has 1 amide bonds. The first-order chi connectivity index (χ1) is 15.0. The van der Waals surface area contributed by atoms with Gasteiger partial charge in [-0.05, 0) is 58.5 Å². The van der Waals surface area contributed by atoms with Gasteiger partial charge in [0, 0.05) is 3.57 Å². The number of hydrogen-bond donors (Lipinski definition) is 2. The number of anilines is 1. The Hall–Kier alpha value is -2.92. The summed E-state index contributed by atoms with van der Waals surface area (Å²) in [6.45, 7) is 0.150. The molecule has 0 unspecified atom stereocenters. The second-order valence-electron chi connectivity index (χ2n) is 6.46. The number of amides is 1. The van der Waals surface area contributed by atoms with Crippen LogP contribution in [0.1, 0.15) is 15.9 Å². The molecule has 2 N–H and O–H groups in total. The first-order valence-electron chi connectivity index (χ1n) is 9.01. The van der Waals surface area contributed by atoms with E-state index in [0.29, 0.717) is 22.6 Å². The number of carbonyl (C=O) groups excluding carboxylic acids is 1. The summed E-state index contributed by atoms with van der Waals surface area (Å²) in [5, 5.41) is 9.81. The standard InChI is InChI=1S/C21H15ClFIN4O3/c1-30-21-14-8-13(9-25-19(14)27-28-21)26-20(29)17-15(22)6-7-16(18(17)23)31-10-11-2-4-12(24)5-3-11/h2-9H,10H2,1H3,(H,26,29)(H,25,27,28). The predicted octanol–water partition coefficient (Wildman–Crippen LogP) is 5.19. The minimum atomic E-state index is -0.842. The molecule has 0 saturated heterocycles. The van der Waals surface area contributed by atoms with E-state index in [1.165, 1.54) is 25.4 Å². The van der Waals surface area contributed by atoms with Crippen molar-refractivity contribution in [2.24, 2.45) is 0 Å². The average molecular weight is 553 g/mol. The molecule has 2 heterocycles. The van der Waals surface area contributed by atoms with Crippen molar-refractivity contribution in [1.82, 2.24) is 15.2 Å². The van der Waals surface area contributed by atoms with Crippen molar-refractivity contribution in [3.63, 3.8) is 0 Å². The lowest BCUT2D eigenvalue weighted by Crippen LogP contribution is -2.15. The molecule has 0 radical (unpaired) electrons. The number of fused-ring (bicyclic) bond motifs is 1. The summed E-state index contributed by atoms with van der Waals surface area (Å²) in [4.78, 5) is 16.9. The Morgan fingerprint density at radius 3 is 2.77 bits per heavy atom. The second kappa shape index (κ2) is 9.06. The maximum absolute atomic E-state index is 15.1. The topological polar surface area (TPSA) is 89.1 Å². The molecule has 0 spiro atoms. The fourth-order valence-electron chi connectivity index (χ4n) is 2.89. The molecule has 158 valence electrons. The van der Waals surface area contributed by atoms with Crippen LogP contribution in [0, 0.1) is 9.39 Å². The van der Waals surface area contributed by atoms with Crippen molar-refractivity contribution in [1.29, 1.82) is 0 Å². The van der Waals surface area contributed by atoms with Crippen molar-refractivity contribution in [3.05, 3.63) is 74.2 Å². The van der Waals surface area contributed by atoms with Gasteiger partial charge in [0.25, 0.3) is 5.91 Å². The van der Waals surface area contributed by atoms with E-state index < -0.39 is 11.7 Å². The zero-order valence-electron chi connectivity index (χ0n) is 16.1. The van der Waals surface area contributed by atoms with E-state index in [4.69, 9.17) is 21.1 Å². The maximum atomic E-state index is 15.1. The second-order valence-corrected chi connectivity index (χ2v) is 8.11. The fourth-order valence-corrected chi connectivity index (χ4v) is 3.48. The van der Waals surface area contributed by atoms with Gasteiger partial charge in [0.2, 0.25) is 5.88 Å². The van der Waals surface area contributed by atoms with Crippen molar-refractivity contribution >= 4 is 56.8 Å². The highest BCUT2D eigenvalue weighted by Crippen LogP contribution is 2.30. The summed E-state index contributed by atoms with van der Waals surface area (Å²) in [5.41, 5.74) is 1.37. The number of ether oxygens (including phenoxy) is 2. The lowest BCUT2D eigenvalue weighted by Gasteiger charge is -2.12. The van der Waals surface area contributed by atoms with Gasteiger partial charge in [0.05, 0.1) is 35.0 Å². The molecule has 0 aliphatic rings. The van der Waals surface area contributed by atoms with E-state index in [-0.39, 0.29) is 22.9 Å². The molecule has 4 aromatic rings. The van der Waals surface area contributed by atoms with Crippen LogP contribution in [0.5, 0.6) is 11.6 Å². The highest BCUT2D eigenvalue weighted by Gasteiger charge is 2.21. The largest absolute Gasteiger partial charge is 0.486 e. The molecule has 0 bridgehead atoms. The lowest BCUT2D eigenvalue weighted by atomic mass is 10.1. The van der Waals surface area contributed by atoms with E-state index in [0.717, 1.165) is 9.13 Å². The molecule has 0 aliphatic carbocycles. The Labute approximate surface area is 195 Å². The van der Waals surface area contributed by atoms with Gasteiger partial charge >= 0.3 is 0 Å². The number of methoxy groups -OCH3 is 1. The first-order valence-corrected chi connectivity index (χ1v) is 10.5. The van der Waals surface area contributed by atoms with Crippen molar-refractivity contribution < 1.29 is 18.7 Å². The van der Waals surface area contributed by atoms with Gasteiger partial charge in [0.1, 0.15) is 6.61 Å². The summed E-state index contributed by atoms with van der Waals surface area (Å²) in [6.07, 6.45) is 1.42. The van der Waals surface area contributed by atoms with Crippen LogP contribution in [0.25, 0.3) is 11.0 Å². The Morgan fingerprint density at radius 1 is 1.26 bits per heavy atom. The van der Waals surface area contributed by atoms with E-state index in [9.17, 15) is 4.79 Å². The minimum absolute atomic E-state index is 0.0356. The van der Waals surface area contributed by atoms with Crippen LogP contribution in [0.15, 0.2) is 48.7 Å². The number of benzene rings is 2. The third kappa shape index (κ3) is 4.57. The van der Waals surface area contributed by atoms with Gasteiger partial charge in [-0.1, -0.05) is 23.7 Å². The molecule has 2 aromatic heterocycles. The smallest absolute Gasteiger partial charge is 0.260 e. The van der Waals surface area contributed by atoms with Crippen LogP contribution in [0.4, 0.5) is 10.1 Å². The molecule has 10 heteroatoms. The van der Waals surface area contributed by atoms with Crippen molar-refractivity contribution in [3.8, 4) is 11.6 Å². The van der Waals surface area contributed by atoms with Crippen LogP contribution in [-0.4, -0.2) is 28.2 Å². The van der Waals surface area contributed by atoms with Gasteiger partial charge in [-0.3, -0.25) is 9.89 Å². The summed E-state index contributed by atoms with van der Waals surface area (Å²) in [6, 6.07) is 12.1. The van der Waals surface area contributed by atoms with Gasteiger partial charge in [-0.2, -0.15) is 0 Å². The Kier molecular flexibility index (Phi) is 6.23. The number of hydrogen-bond acceptors (Lipinski definition) is 5. The van der Waals surface area contributed by atoms with E-state index in [2.05, 4.69) is 43.1 Å². The summed E-state index contributed by atoms with van der Waals surface area (Å²) in [7, 11) is 1.47. The summed E-state index contributed by atoms with van der Waals surface area (Å²) in [5.74, 6) is -1.32. The summed E-state index contributed by atoms with van der Waals surface area (Å²) < 4.78 is 26.9. The molecule has 2 aromatic carbocycles. The molecular formula is C21H15ClFIN4O3. The highest BCUT2D eigenvalue weighted by molar-refractivity contribution is 14.1. The van der Waals surface area contributed by atoms with Crippen LogP contribution in [-0.2, 0) is 6.61 Å². The van der Waals surface area contributed by atoms with Crippen LogP contribution >= 0.6 is 34.2 Å². The maximum Gasteiger partial charge on any atom is 0.260 e. The zero-order valence-corrected chi connectivity index (χ0v) is 19.0. The Morgan fingerprint density at radius 2 is 2.03 bits per heavy atom. The number of pyridine rings is 1.